The normalized spacial score (nSPS) is 12.7. The molecule has 2 heterocycles. The van der Waals surface area contributed by atoms with Crippen molar-refractivity contribution in [3.63, 3.8) is 0 Å². The van der Waals surface area contributed by atoms with Gasteiger partial charge in [0.05, 0.1) is 39.8 Å². The molecule has 0 saturated heterocycles. The van der Waals surface area contributed by atoms with Crippen molar-refractivity contribution >= 4 is 34.4 Å². The molecule has 0 saturated carbocycles. The molecule has 198 valence electrons. The van der Waals surface area contributed by atoms with Gasteiger partial charge in [-0.2, -0.15) is 0 Å². The van der Waals surface area contributed by atoms with Crippen LogP contribution in [0.5, 0.6) is 0 Å². The van der Waals surface area contributed by atoms with Crippen LogP contribution in [-0.2, 0) is 17.8 Å². The highest BCUT2D eigenvalue weighted by atomic mass is 32.1. The summed E-state index contributed by atoms with van der Waals surface area (Å²) in [6.07, 6.45) is 1.74. The quantitative estimate of drug-likeness (QED) is 0.298. The molecule has 0 radical (unpaired) electrons. The Hall–Kier alpha value is -3.89. The third-order valence-corrected chi connectivity index (χ3v) is 6.60. The van der Waals surface area contributed by atoms with Gasteiger partial charge in [0.2, 0.25) is 0 Å². The summed E-state index contributed by atoms with van der Waals surface area (Å²) in [5.74, 6) is -0.188. The zero-order valence-corrected chi connectivity index (χ0v) is 22.2. The molecule has 2 aromatic carbocycles. The van der Waals surface area contributed by atoms with Crippen molar-refractivity contribution in [3.8, 4) is 0 Å². The summed E-state index contributed by atoms with van der Waals surface area (Å²) >= 11 is 1.39. The van der Waals surface area contributed by atoms with Crippen LogP contribution < -0.4 is 5.32 Å². The molecule has 38 heavy (non-hydrogen) atoms. The zero-order chi connectivity index (χ0) is 26.9. The molecular formula is C28H31N5O4S. The van der Waals surface area contributed by atoms with Gasteiger partial charge in [0.25, 0.3) is 5.91 Å². The van der Waals surface area contributed by atoms with Crippen LogP contribution in [0, 0.1) is 5.92 Å². The zero-order valence-electron chi connectivity index (χ0n) is 21.4. The second-order valence-corrected chi connectivity index (χ2v) is 10.4. The number of alkyl carbamates (subject to hydrolysis) is 1. The Kier molecular flexibility index (Phi) is 9.34. The first-order chi connectivity index (χ1) is 18.4. The van der Waals surface area contributed by atoms with E-state index in [1.807, 2.05) is 62.4 Å². The number of amides is 2. The van der Waals surface area contributed by atoms with E-state index in [0.717, 1.165) is 10.4 Å². The SMILES string of the molecule is CC(C)CN(C[C@@H](O)[C@H](Cc1ccccc1)NC(=O)OCc1cncs1)C(=O)c1cnc2ccccc2n1. The van der Waals surface area contributed by atoms with Crippen molar-refractivity contribution in [3.05, 3.63) is 88.6 Å². The van der Waals surface area contributed by atoms with Crippen LogP contribution in [0.1, 0.15) is 34.8 Å². The summed E-state index contributed by atoms with van der Waals surface area (Å²) in [5, 5.41) is 14.1. The summed E-state index contributed by atoms with van der Waals surface area (Å²) in [4.78, 5) is 41.3. The lowest BCUT2D eigenvalue weighted by atomic mass is 10.0. The minimum Gasteiger partial charge on any atom is -0.444 e. The summed E-state index contributed by atoms with van der Waals surface area (Å²) in [7, 11) is 0. The van der Waals surface area contributed by atoms with Crippen molar-refractivity contribution < 1.29 is 19.4 Å². The molecule has 2 amide bonds. The molecule has 0 aliphatic heterocycles. The monoisotopic (exact) mass is 533 g/mol. The van der Waals surface area contributed by atoms with E-state index in [-0.39, 0.29) is 30.7 Å². The van der Waals surface area contributed by atoms with E-state index >= 15 is 0 Å². The standard InChI is InChI=1S/C28H31N5O4S/c1-19(2)15-33(27(35)25-14-30-22-10-6-7-11-23(22)31-25)16-26(34)24(12-20-8-4-3-5-9-20)32-28(36)37-17-21-13-29-18-38-21/h3-11,13-14,18-19,24,26,34H,12,15-17H2,1-2H3,(H,32,36)/t24-,26+/m0/s1. The molecule has 9 nitrogen and oxygen atoms in total. The first kappa shape index (κ1) is 27.2. The Labute approximate surface area is 225 Å². The third kappa shape index (κ3) is 7.56. The van der Waals surface area contributed by atoms with Gasteiger partial charge in [0.15, 0.2) is 0 Å². The third-order valence-electron chi connectivity index (χ3n) is 5.84. The predicted octanol–water partition coefficient (Wildman–Crippen LogP) is 4.08. The Morgan fingerprint density at radius 1 is 1.03 bits per heavy atom. The first-order valence-electron chi connectivity index (χ1n) is 12.4. The van der Waals surface area contributed by atoms with Crippen LogP contribution in [0.2, 0.25) is 0 Å². The smallest absolute Gasteiger partial charge is 0.407 e. The van der Waals surface area contributed by atoms with Crippen LogP contribution in [0.25, 0.3) is 11.0 Å². The van der Waals surface area contributed by atoms with Gasteiger partial charge in [-0.1, -0.05) is 56.3 Å². The largest absolute Gasteiger partial charge is 0.444 e. The number of para-hydroxylation sites is 2. The Morgan fingerprint density at radius 3 is 2.47 bits per heavy atom. The summed E-state index contributed by atoms with van der Waals surface area (Å²) in [5.41, 5.74) is 4.12. The number of carbonyl (C=O) groups excluding carboxylic acids is 2. The number of nitrogens with one attached hydrogen (secondary N) is 1. The molecule has 2 atom stereocenters. The highest BCUT2D eigenvalue weighted by Crippen LogP contribution is 2.15. The number of benzene rings is 2. The van der Waals surface area contributed by atoms with Crippen LogP contribution in [-0.4, -0.2) is 62.2 Å². The average molecular weight is 534 g/mol. The fourth-order valence-corrected chi connectivity index (χ4v) is 4.56. The van der Waals surface area contributed by atoms with Crippen molar-refractivity contribution in [2.45, 2.75) is 39.0 Å². The van der Waals surface area contributed by atoms with Crippen molar-refractivity contribution in [1.82, 2.24) is 25.2 Å². The van der Waals surface area contributed by atoms with E-state index in [0.29, 0.717) is 24.0 Å². The number of aromatic nitrogens is 3. The number of ether oxygens (including phenoxy) is 1. The van der Waals surface area contributed by atoms with Gasteiger partial charge >= 0.3 is 6.09 Å². The van der Waals surface area contributed by atoms with Gasteiger partial charge in [0.1, 0.15) is 12.3 Å². The molecule has 0 unspecified atom stereocenters. The molecule has 0 aliphatic rings. The number of carbonyl (C=O) groups is 2. The van der Waals surface area contributed by atoms with E-state index in [1.54, 1.807) is 22.7 Å². The van der Waals surface area contributed by atoms with E-state index < -0.39 is 18.2 Å². The molecule has 4 aromatic rings. The van der Waals surface area contributed by atoms with Gasteiger partial charge in [0, 0.05) is 19.3 Å². The van der Waals surface area contributed by atoms with Crippen molar-refractivity contribution in [2.75, 3.05) is 13.1 Å². The number of aliphatic hydroxyl groups is 1. The van der Waals surface area contributed by atoms with Crippen LogP contribution in [0.4, 0.5) is 4.79 Å². The molecule has 0 bridgehead atoms. The van der Waals surface area contributed by atoms with Crippen molar-refractivity contribution in [2.24, 2.45) is 5.92 Å². The number of nitrogens with zero attached hydrogens (tertiary/aromatic N) is 4. The Balaban J connectivity index is 1.50. The van der Waals surface area contributed by atoms with Crippen LogP contribution in [0.3, 0.4) is 0 Å². The number of aliphatic hydroxyl groups excluding tert-OH is 1. The van der Waals surface area contributed by atoms with Crippen LogP contribution in [0.15, 0.2) is 72.5 Å². The summed E-state index contributed by atoms with van der Waals surface area (Å²) < 4.78 is 5.34. The minimum absolute atomic E-state index is 0.00184. The maximum atomic E-state index is 13.5. The van der Waals surface area contributed by atoms with Gasteiger partial charge < -0.3 is 20.1 Å². The van der Waals surface area contributed by atoms with E-state index in [1.165, 1.54) is 17.5 Å². The fraction of sp³-hybridized carbons (Fsp3) is 0.321. The predicted molar refractivity (Wildman–Crippen MR) is 146 cm³/mol. The topological polar surface area (TPSA) is 118 Å². The number of hydrogen-bond acceptors (Lipinski definition) is 8. The van der Waals surface area contributed by atoms with Gasteiger partial charge in [-0.15, -0.1) is 11.3 Å². The maximum absolute atomic E-state index is 13.5. The number of fused-ring (bicyclic) bond motifs is 1. The Bertz CT molecular complexity index is 1330. The lowest BCUT2D eigenvalue weighted by molar-refractivity contribution is 0.0489. The molecule has 0 aliphatic carbocycles. The summed E-state index contributed by atoms with van der Waals surface area (Å²) in [6.45, 7) is 4.48. The molecule has 10 heteroatoms. The fourth-order valence-electron chi connectivity index (χ4n) is 4.05. The number of thiazole rings is 1. The lowest BCUT2D eigenvalue weighted by Gasteiger charge is -2.31. The molecule has 0 spiro atoms. The molecule has 2 aromatic heterocycles. The number of hydrogen-bond donors (Lipinski definition) is 2. The molecule has 2 N–H and O–H groups in total. The van der Waals surface area contributed by atoms with Crippen molar-refractivity contribution in [1.29, 1.82) is 0 Å². The molecule has 4 rings (SSSR count). The second kappa shape index (κ2) is 13.1. The number of rotatable bonds is 11. The highest BCUT2D eigenvalue weighted by molar-refractivity contribution is 7.09. The molecule has 0 fully saturated rings. The van der Waals surface area contributed by atoms with Gasteiger partial charge in [-0.3, -0.25) is 14.8 Å². The minimum atomic E-state index is -1.07. The van der Waals surface area contributed by atoms with Gasteiger partial charge in [-0.05, 0) is 30.0 Å². The lowest BCUT2D eigenvalue weighted by Crippen LogP contribution is -2.51. The summed E-state index contributed by atoms with van der Waals surface area (Å²) in [6, 6.07) is 16.2. The van der Waals surface area contributed by atoms with E-state index in [9.17, 15) is 14.7 Å². The van der Waals surface area contributed by atoms with E-state index in [4.69, 9.17) is 4.74 Å². The molecular weight excluding hydrogens is 502 g/mol. The maximum Gasteiger partial charge on any atom is 0.407 e. The second-order valence-electron chi connectivity index (χ2n) is 9.40. The average Bonchev–Trinajstić information content (AvgIpc) is 3.44. The Morgan fingerprint density at radius 2 is 1.76 bits per heavy atom. The van der Waals surface area contributed by atoms with Crippen LogP contribution >= 0.6 is 11.3 Å². The first-order valence-corrected chi connectivity index (χ1v) is 13.3. The highest BCUT2D eigenvalue weighted by Gasteiger charge is 2.28. The van der Waals surface area contributed by atoms with E-state index in [2.05, 4.69) is 20.3 Å². The van der Waals surface area contributed by atoms with Gasteiger partial charge in [-0.25, -0.2) is 9.78 Å².